The Hall–Kier alpha value is -3.94. The number of anilines is 1. The number of hydrogen-bond donors (Lipinski definition) is 2. The van der Waals surface area contributed by atoms with Crippen molar-refractivity contribution in [2.75, 3.05) is 11.9 Å². The van der Waals surface area contributed by atoms with Crippen LogP contribution in [0.2, 0.25) is 0 Å². The Morgan fingerprint density at radius 1 is 1.00 bits per heavy atom. The maximum atomic E-state index is 12.6. The van der Waals surface area contributed by atoms with Gasteiger partial charge in [-0.05, 0) is 75.2 Å². The van der Waals surface area contributed by atoms with Gasteiger partial charge in [-0.3, -0.25) is 9.59 Å². The van der Waals surface area contributed by atoms with Crippen LogP contribution in [-0.4, -0.2) is 40.2 Å². The van der Waals surface area contributed by atoms with Crippen LogP contribution >= 0.6 is 0 Å². The van der Waals surface area contributed by atoms with Gasteiger partial charge in [-0.2, -0.15) is 5.10 Å². The van der Waals surface area contributed by atoms with Crippen molar-refractivity contribution in [3.05, 3.63) is 77.1 Å². The summed E-state index contributed by atoms with van der Waals surface area (Å²) in [4.78, 5) is 36.6. The Kier molecular flexibility index (Phi) is 6.02. The van der Waals surface area contributed by atoms with Gasteiger partial charge in [0.25, 0.3) is 11.8 Å². The van der Waals surface area contributed by atoms with Crippen LogP contribution in [0.3, 0.4) is 0 Å². The molecule has 0 spiro atoms. The average Bonchev–Trinajstić information content (AvgIpc) is 3.53. The van der Waals surface area contributed by atoms with E-state index in [1.807, 2.05) is 0 Å². The Bertz CT molecular complexity index is 1150. The lowest BCUT2D eigenvalue weighted by atomic mass is 10.1. The predicted octanol–water partition coefficient (Wildman–Crippen LogP) is 3.50. The van der Waals surface area contributed by atoms with Crippen molar-refractivity contribution in [1.29, 1.82) is 0 Å². The number of rotatable bonds is 7. The molecule has 0 bridgehead atoms. The minimum absolute atomic E-state index is 0.0963. The van der Waals surface area contributed by atoms with Gasteiger partial charge in [-0.25, -0.2) is 9.48 Å². The highest BCUT2D eigenvalue weighted by molar-refractivity contribution is 6.04. The van der Waals surface area contributed by atoms with Crippen molar-refractivity contribution in [2.24, 2.45) is 0 Å². The van der Waals surface area contributed by atoms with E-state index < -0.39 is 5.97 Å². The van der Waals surface area contributed by atoms with E-state index in [9.17, 15) is 14.4 Å². The largest absolute Gasteiger partial charge is 0.462 e. The Labute approximate surface area is 185 Å². The quantitative estimate of drug-likeness (QED) is 0.557. The van der Waals surface area contributed by atoms with Crippen LogP contribution in [-0.2, 0) is 4.74 Å². The van der Waals surface area contributed by atoms with Gasteiger partial charge in [0.1, 0.15) is 5.56 Å². The smallest absolute Gasteiger partial charge is 0.341 e. The van der Waals surface area contributed by atoms with Gasteiger partial charge < -0.3 is 15.4 Å². The van der Waals surface area contributed by atoms with Crippen molar-refractivity contribution >= 4 is 23.5 Å². The zero-order chi connectivity index (χ0) is 22.7. The van der Waals surface area contributed by atoms with Gasteiger partial charge in [0.15, 0.2) is 0 Å². The van der Waals surface area contributed by atoms with Gasteiger partial charge in [-0.1, -0.05) is 0 Å². The lowest BCUT2D eigenvalue weighted by Gasteiger charge is -2.09. The minimum Gasteiger partial charge on any atom is -0.462 e. The maximum Gasteiger partial charge on any atom is 0.341 e. The molecule has 1 saturated carbocycles. The van der Waals surface area contributed by atoms with Gasteiger partial charge in [0.2, 0.25) is 0 Å². The van der Waals surface area contributed by atoms with Crippen LogP contribution in [0.5, 0.6) is 0 Å². The van der Waals surface area contributed by atoms with E-state index in [0.717, 1.165) is 18.5 Å². The summed E-state index contributed by atoms with van der Waals surface area (Å²) in [7, 11) is 0. The van der Waals surface area contributed by atoms with E-state index in [4.69, 9.17) is 4.74 Å². The fourth-order valence-corrected chi connectivity index (χ4v) is 3.24. The zero-order valence-electron chi connectivity index (χ0n) is 17.9. The summed E-state index contributed by atoms with van der Waals surface area (Å²) in [5, 5.41) is 10.0. The molecule has 0 aliphatic heterocycles. The number of carbonyl (C=O) groups is 3. The summed E-state index contributed by atoms with van der Waals surface area (Å²) in [5.74, 6) is -0.777. The number of nitrogens with one attached hydrogen (secondary N) is 2. The maximum absolute atomic E-state index is 12.6. The molecule has 2 amide bonds. The molecule has 3 aromatic rings. The Morgan fingerprint density at radius 3 is 2.25 bits per heavy atom. The molecule has 1 heterocycles. The summed E-state index contributed by atoms with van der Waals surface area (Å²) in [6.45, 7) is 3.83. The molecule has 164 valence electrons. The second-order valence-corrected chi connectivity index (χ2v) is 7.60. The summed E-state index contributed by atoms with van der Waals surface area (Å²) in [6, 6.07) is 14.0. The number of esters is 1. The summed E-state index contributed by atoms with van der Waals surface area (Å²) < 4.78 is 6.66. The topological polar surface area (TPSA) is 102 Å². The van der Waals surface area contributed by atoms with E-state index in [-0.39, 0.29) is 11.8 Å². The number of carbonyl (C=O) groups excluding carboxylic acids is 3. The van der Waals surface area contributed by atoms with E-state index in [1.54, 1.807) is 67.1 Å². The van der Waals surface area contributed by atoms with E-state index in [0.29, 0.717) is 40.7 Å². The minimum atomic E-state index is -0.414. The normalized spacial score (nSPS) is 12.8. The van der Waals surface area contributed by atoms with Gasteiger partial charge >= 0.3 is 5.97 Å². The van der Waals surface area contributed by atoms with Gasteiger partial charge in [-0.15, -0.1) is 0 Å². The number of ether oxygens (including phenoxy) is 1. The molecule has 1 fully saturated rings. The molecule has 0 atom stereocenters. The number of benzene rings is 2. The van der Waals surface area contributed by atoms with Crippen molar-refractivity contribution in [2.45, 2.75) is 32.7 Å². The van der Waals surface area contributed by atoms with Crippen LogP contribution in [0.25, 0.3) is 5.69 Å². The van der Waals surface area contributed by atoms with Crippen molar-refractivity contribution in [3.63, 3.8) is 0 Å². The third kappa shape index (κ3) is 4.69. The summed E-state index contributed by atoms with van der Waals surface area (Å²) >= 11 is 0. The molecule has 8 nitrogen and oxygen atoms in total. The number of amides is 2. The molecular formula is C24H24N4O4. The first-order chi connectivity index (χ1) is 15.5. The van der Waals surface area contributed by atoms with E-state index in [2.05, 4.69) is 15.7 Å². The fourth-order valence-electron chi connectivity index (χ4n) is 3.24. The number of nitrogens with zero attached hydrogens (tertiary/aromatic N) is 2. The summed E-state index contributed by atoms with van der Waals surface area (Å²) in [5.41, 5.74) is 3.43. The van der Waals surface area contributed by atoms with Crippen molar-refractivity contribution < 1.29 is 19.1 Å². The third-order valence-electron chi connectivity index (χ3n) is 5.20. The van der Waals surface area contributed by atoms with Crippen molar-refractivity contribution in [3.8, 4) is 5.69 Å². The van der Waals surface area contributed by atoms with Gasteiger partial charge in [0.05, 0.1) is 24.2 Å². The van der Waals surface area contributed by atoms with Crippen LogP contribution in [0.4, 0.5) is 5.69 Å². The Morgan fingerprint density at radius 2 is 1.62 bits per heavy atom. The first kappa shape index (κ1) is 21.3. The molecule has 0 radical (unpaired) electrons. The second kappa shape index (κ2) is 9.05. The molecule has 1 aromatic heterocycles. The highest BCUT2D eigenvalue weighted by Gasteiger charge is 2.23. The first-order valence-electron chi connectivity index (χ1n) is 10.5. The molecule has 4 rings (SSSR count). The first-order valence-corrected chi connectivity index (χ1v) is 10.5. The standard InChI is InChI=1S/C24H24N4O4/c1-3-32-24(31)21-14-25-28(15(21)2)20-12-6-17(7-13-20)23(30)26-18-8-4-16(5-9-18)22(29)27-19-10-11-19/h4-9,12-14,19H,3,10-11H2,1-2H3,(H,26,30)(H,27,29). The molecule has 2 aromatic carbocycles. The zero-order valence-corrected chi connectivity index (χ0v) is 17.9. The predicted molar refractivity (Wildman–Crippen MR) is 119 cm³/mol. The van der Waals surface area contributed by atoms with E-state index in [1.165, 1.54) is 6.20 Å². The molecule has 0 saturated heterocycles. The average molecular weight is 432 g/mol. The molecule has 1 aliphatic rings. The monoisotopic (exact) mass is 432 g/mol. The Balaban J connectivity index is 1.41. The van der Waals surface area contributed by atoms with Crippen LogP contribution < -0.4 is 10.6 Å². The van der Waals surface area contributed by atoms with Crippen molar-refractivity contribution in [1.82, 2.24) is 15.1 Å². The van der Waals surface area contributed by atoms with Gasteiger partial charge in [0, 0.05) is 22.9 Å². The van der Waals surface area contributed by atoms with Crippen LogP contribution in [0.15, 0.2) is 54.7 Å². The highest BCUT2D eigenvalue weighted by Crippen LogP contribution is 2.20. The van der Waals surface area contributed by atoms with Crippen LogP contribution in [0, 0.1) is 6.92 Å². The second-order valence-electron chi connectivity index (χ2n) is 7.60. The molecule has 2 N–H and O–H groups in total. The highest BCUT2D eigenvalue weighted by atomic mass is 16.5. The van der Waals surface area contributed by atoms with E-state index >= 15 is 0 Å². The third-order valence-corrected chi connectivity index (χ3v) is 5.20. The molecular weight excluding hydrogens is 408 g/mol. The molecule has 32 heavy (non-hydrogen) atoms. The molecule has 0 unspecified atom stereocenters. The SMILES string of the molecule is CCOC(=O)c1cnn(-c2ccc(C(=O)Nc3ccc(C(=O)NC4CC4)cc3)cc2)c1C. The van der Waals surface area contributed by atoms with Crippen LogP contribution in [0.1, 0.15) is 56.5 Å². The number of hydrogen-bond acceptors (Lipinski definition) is 5. The lowest BCUT2D eigenvalue weighted by Crippen LogP contribution is -2.25. The summed E-state index contributed by atoms with van der Waals surface area (Å²) in [6.07, 6.45) is 3.54. The number of aromatic nitrogens is 2. The molecule has 1 aliphatic carbocycles. The molecule has 8 heteroatoms. The lowest BCUT2D eigenvalue weighted by molar-refractivity contribution is 0.0525. The fraction of sp³-hybridized carbons (Fsp3) is 0.250.